The monoisotopic (exact) mass is 1010 g/mol. The average Bonchev–Trinajstić information content (AvgIpc) is 3.67. The van der Waals surface area contributed by atoms with E-state index in [1.807, 2.05) is 0 Å². The Bertz CT molecular complexity index is 1930. The van der Waals surface area contributed by atoms with E-state index in [0.29, 0.717) is 17.7 Å². The normalized spacial score (nSPS) is 25.5. The van der Waals surface area contributed by atoms with Crippen molar-refractivity contribution in [3.63, 3.8) is 0 Å². The predicted molar refractivity (Wildman–Crippen MR) is 279 cm³/mol. The van der Waals surface area contributed by atoms with Gasteiger partial charge >= 0.3 is 0 Å². The van der Waals surface area contributed by atoms with Crippen LogP contribution in [0.3, 0.4) is 0 Å². The molecule has 5 aliphatic rings. The first-order valence-corrected chi connectivity index (χ1v) is 28.5. The van der Waals surface area contributed by atoms with E-state index in [9.17, 15) is 0 Å². The minimum absolute atomic E-state index is 0. The number of unbranched alkanes of at least 4 members (excludes halogenated alkanes) is 6. The second-order valence-electron chi connectivity index (χ2n) is 21.0. The fourth-order valence-electron chi connectivity index (χ4n) is 13.4. The van der Waals surface area contributed by atoms with Gasteiger partial charge in [0.15, 0.2) is 0 Å². The van der Waals surface area contributed by atoms with Crippen molar-refractivity contribution in [1.82, 2.24) is 10.6 Å². The van der Waals surface area contributed by atoms with Crippen molar-refractivity contribution in [2.75, 3.05) is 0 Å². The summed E-state index contributed by atoms with van der Waals surface area (Å²) in [6.45, 7) is 18.5. The number of halogens is 2. The minimum Gasteiger partial charge on any atom is -0.367 e. The molecule has 3 saturated carbocycles. The minimum atomic E-state index is -0.717. The maximum atomic E-state index is 8.80. The van der Waals surface area contributed by atoms with Gasteiger partial charge in [0.2, 0.25) is 0 Å². The van der Waals surface area contributed by atoms with Crippen molar-refractivity contribution >= 4 is 36.7 Å². The van der Waals surface area contributed by atoms with Crippen LogP contribution in [0.25, 0.3) is 5.57 Å². The van der Waals surface area contributed by atoms with E-state index >= 15 is 0 Å². The van der Waals surface area contributed by atoms with Crippen molar-refractivity contribution in [3.8, 4) is 0 Å². The Hall–Kier alpha value is -1.37. The maximum Gasteiger partial charge on any atom is 0.105 e. The predicted octanol–water partition coefficient (Wildman–Crippen LogP) is 17.7. The summed E-state index contributed by atoms with van der Waals surface area (Å²) < 4.78 is 0. The Morgan fingerprint density at radius 2 is 1.12 bits per heavy atom. The Labute approximate surface area is 416 Å². The van der Waals surface area contributed by atoms with Gasteiger partial charge in [0.05, 0.1) is 5.41 Å². The van der Waals surface area contributed by atoms with Crippen molar-refractivity contribution in [2.45, 2.75) is 244 Å². The first-order valence-electron chi connectivity index (χ1n) is 26.2. The summed E-state index contributed by atoms with van der Waals surface area (Å²) in [5.74, 6) is 1.17. The van der Waals surface area contributed by atoms with Gasteiger partial charge in [-0.15, -0.1) is 0 Å². The van der Waals surface area contributed by atoms with Gasteiger partial charge in [-0.1, -0.05) is 183 Å². The van der Waals surface area contributed by atoms with Gasteiger partial charge in [0.1, 0.15) is 5.82 Å². The number of hydrogen-bond acceptors (Lipinski definition) is 2. The molecule has 0 amide bonds. The molecule has 354 valence electrons. The molecule has 2 aromatic rings. The molecule has 2 nitrogen and oxygen atoms in total. The van der Waals surface area contributed by atoms with Crippen LogP contribution in [0, 0.1) is 41.5 Å². The summed E-state index contributed by atoms with van der Waals surface area (Å²) in [4.78, 5) is 0. The van der Waals surface area contributed by atoms with Crippen LogP contribution in [0.15, 0.2) is 63.4 Å². The fourth-order valence-corrected chi connectivity index (χ4v) is 18.9. The molecule has 1 saturated heterocycles. The van der Waals surface area contributed by atoms with Gasteiger partial charge in [-0.25, -0.2) is 0 Å². The molecular weight excluding hydrogens is 928 g/mol. The molecule has 64 heavy (non-hydrogen) atoms. The van der Waals surface area contributed by atoms with E-state index in [-0.39, 0.29) is 27.4 Å². The van der Waals surface area contributed by atoms with E-state index in [0.717, 1.165) is 33.4 Å². The Morgan fingerprint density at radius 3 is 1.62 bits per heavy atom. The summed E-state index contributed by atoms with van der Waals surface area (Å²) in [5.41, 5.74) is 16.1. The van der Waals surface area contributed by atoms with Gasteiger partial charge in [-0.05, 0) is 156 Å². The van der Waals surface area contributed by atoms with Crippen molar-refractivity contribution in [1.29, 1.82) is 0 Å². The topological polar surface area (TPSA) is 24.1 Å². The van der Waals surface area contributed by atoms with Gasteiger partial charge in [-0.2, -0.15) is 0 Å². The smallest absolute Gasteiger partial charge is 0.105 e. The molecule has 6 heteroatoms. The zero-order valence-corrected chi connectivity index (χ0v) is 45.5. The van der Waals surface area contributed by atoms with Crippen LogP contribution >= 0.6 is 31.1 Å². The third-order valence-electron chi connectivity index (χ3n) is 16.1. The molecule has 4 unspecified atom stereocenters. The number of benzene rings is 2. The SMILES string of the molecule is CCCCCCC1NC(=C2C(c3c(C)cc(C)cc3C)=C(Cl)C=CC2(C(Cl)=C2CCCCC2P(C2CCCCC2)C2CCCCC2)c2c(C)cc(C)cc2C)NC1CCCCCC.[Ru]. The number of allylic oxidation sites excluding steroid dienone is 7. The molecule has 4 atom stereocenters. The molecule has 1 heterocycles. The first-order chi connectivity index (χ1) is 30.5. The van der Waals surface area contributed by atoms with Crippen molar-refractivity contribution in [2.24, 2.45) is 0 Å². The molecule has 4 aliphatic carbocycles. The second-order valence-corrected chi connectivity index (χ2v) is 24.8. The molecular formula is C58H85Cl2N2PRu. The van der Waals surface area contributed by atoms with Crippen LogP contribution in [0.1, 0.15) is 212 Å². The first kappa shape index (κ1) is 52.0. The Morgan fingerprint density at radius 1 is 0.641 bits per heavy atom. The summed E-state index contributed by atoms with van der Waals surface area (Å²) >= 11 is 16.6. The van der Waals surface area contributed by atoms with Crippen LogP contribution in [-0.4, -0.2) is 29.1 Å². The number of rotatable bonds is 16. The van der Waals surface area contributed by atoms with Crippen molar-refractivity contribution < 1.29 is 19.5 Å². The molecule has 1 aliphatic heterocycles. The van der Waals surface area contributed by atoms with E-state index < -0.39 is 5.41 Å². The van der Waals surface area contributed by atoms with Gasteiger partial charge in [-0.3, -0.25) is 0 Å². The van der Waals surface area contributed by atoms with Gasteiger partial charge in [0, 0.05) is 58.4 Å². The largest absolute Gasteiger partial charge is 0.367 e. The average molecular weight is 1010 g/mol. The third-order valence-corrected chi connectivity index (χ3v) is 20.9. The number of aryl methyl sites for hydroxylation is 6. The number of hydrogen-bond donors (Lipinski definition) is 2. The van der Waals surface area contributed by atoms with Crippen molar-refractivity contribution in [3.05, 3.63) is 108 Å². The summed E-state index contributed by atoms with van der Waals surface area (Å²) in [5, 5.41) is 10.6. The van der Waals surface area contributed by atoms with E-state index in [4.69, 9.17) is 23.2 Å². The zero-order valence-electron chi connectivity index (χ0n) is 41.4. The van der Waals surface area contributed by atoms with Crippen LogP contribution < -0.4 is 10.6 Å². The van der Waals surface area contributed by atoms with Crippen LogP contribution in [0.4, 0.5) is 0 Å². The molecule has 0 radical (unpaired) electrons. The van der Waals surface area contributed by atoms with Crippen LogP contribution in [-0.2, 0) is 24.9 Å². The summed E-state index contributed by atoms with van der Waals surface area (Å²) in [7, 11) is -0.209. The Balaban J connectivity index is 0.00000680. The maximum absolute atomic E-state index is 8.80. The van der Waals surface area contributed by atoms with Crippen LogP contribution in [0.2, 0.25) is 0 Å². The summed E-state index contributed by atoms with van der Waals surface area (Å²) in [6.07, 6.45) is 36.5. The standard InChI is InChI=1S/C58H85Cl2N2P.Ru/c1-9-11-13-21-30-49-50(31-22-14-12-10-2)62-57(61-49)55-53(52-41(5)35-39(3)36-42(52)6)48(59)33-34-58(55,54-43(7)37-40(4)38-44(54)8)56(60)47-29-23-24-32-51(47)63(45-25-17-15-18-26-45)46-27-19-16-20-28-46;/h33-38,45-46,49-51,61-62H,9-32H2,1-8H3;. The van der Waals surface area contributed by atoms with E-state index in [1.54, 1.807) is 5.57 Å². The Kier molecular flexibility index (Phi) is 19.7. The third kappa shape index (κ3) is 11.4. The fraction of sp³-hybridized carbons (Fsp3) is 0.655. The van der Waals surface area contributed by atoms with Gasteiger partial charge in [0.25, 0.3) is 0 Å². The molecule has 0 bridgehead atoms. The second kappa shape index (κ2) is 24.3. The van der Waals surface area contributed by atoms with Gasteiger partial charge < -0.3 is 10.6 Å². The molecule has 7 rings (SSSR count). The quantitative estimate of drug-likeness (QED) is 0.0995. The van der Waals surface area contributed by atoms with E-state index in [1.165, 1.54) is 204 Å². The zero-order chi connectivity index (χ0) is 44.7. The molecule has 2 N–H and O–H groups in total. The molecule has 0 aromatic heterocycles. The van der Waals surface area contributed by atoms with E-state index in [2.05, 4.69) is 102 Å². The van der Waals surface area contributed by atoms with Crippen LogP contribution in [0.5, 0.6) is 0 Å². The molecule has 0 spiro atoms. The molecule has 4 fully saturated rings. The molecule has 2 aromatic carbocycles. The number of nitrogens with one attached hydrogen (secondary N) is 2. The summed E-state index contributed by atoms with van der Waals surface area (Å²) in [6, 6.07) is 10.3.